The molecular weight excluding hydrogens is 90.1 g/mol. The Balaban J connectivity index is 3.14. The Kier molecular flexibility index (Phi) is 2.96. The lowest BCUT2D eigenvalue weighted by Gasteiger charge is -2.11. The van der Waals surface area contributed by atoms with Gasteiger partial charge >= 0.3 is 0 Å². The van der Waals surface area contributed by atoms with E-state index < -0.39 is 0 Å². The van der Waals surface area contributed by atoms with Crippen molar-refractivity contribution in [3.8, 4) is 0 Å². The molecule has 0 aliphatic rings. The summed E-state index contributed by atoms with van der Waals surface area (Å²) in [4.78, 5) is 0. The van der Waals surface area contributed by atoms with E-state index >= 15 is 0 Å². The zero-order chi connectivity index (χ0) is 5.86. The lowest BCUT2D eigenvalue weighted by atomic mass is 10.2. The van der Waals surface area contributed by atoms with Crippen LogP contribution in [0.2, 0.25) is 0 Å². The summed E-state index contributed by atoms with van der Waals surface area (Å²) in [5.41, 5.74) is 5.42. The number of nitrogens with two attached hydrogens (primary N) is 1. The van der Waals surface area contributed by atoms with Gasteiger partial charge in [0.15, 0.2) is 0 Å². The standard InChI is InChI=1S/C5H13NO/c1-4(6)5(2)7-3/h4-5H,6H2,1-3H3/t4-,5+/m1/s1. The van der Waals surface area contributed by atoms with Crippen molar-refractivity contribution in [3.63, 3.8) is 0 Å². The van der Waals surface area contributed by atoms with Crippen LogP contribution in [0.1, 0.15) is 13.8 Å². The van der Waals surface area contributed by atoms with E-state index in [1.807, 2.05) is 13.8 Å². The molecule has 2 N–H and O–H groups in total. The van der Waals surface area contributed by atoms with Crippen molar-refractivity contribution in [1.82, 2.24) is 0 Å². The molecule has 0 aromatic carbocycles. The summed E-state index contributed by atoms with van der Waals surface area (Å²) in [6.45, 7) is 3.87. The van der Waals surface area contributed by atoms with Crippen molar-refractivity contribution in [2.45, 2.75) is 26.0 Å². The zero-order valence-corrected chi connectivity index (χ0v) is 5.14. The molecule has 0 heterocycles. The third-order valence-electron chi connectivity index (χ3n) is 1.11. The van der Waals surface area contributed by atoms with E-state index in [4.69, 9.17) is 10.5 Å². The van der Waals surface area contributed by atoms with Gasteiger partial charge < -0.3 is 10.5 Å². The fourth-order valence-corrected chi connectivity index (χ4v) is 0.215. The molecule has 2 nitrogen and oxygen atoms in total. The molecule has 0 rings (SSSR count). The van der Waals surface area contributed by atoms with Gasteiger partial charge in [0.05, 0.1) is 6.10 Å². The Labute approximate surface area is 44.7 Å². The monoisotopic (exact) mass is 103 g/mol. The first kappa shape index (κ1) is 6.92. The van der Waals surface area contributed by atoms with Crippen molar-refractivity contribution in [3.05, 3.63) is 0 Å². The minimum atomic E-state index is 0.144. The van der Waals surface area contributed by atoms with Crippen LogP contribution in [0.4, 0.5) is 0 Å². The second kappa shape index (κ2) is 2.99. The van der Waals surface area contributed by atoms with Gasteiger partial charge in [-0.05, 0) is 13.8 Å². The van der Waals surface area contributed by atoms with Crippen molar-refractivity contribution in [2.24, 2.45) is 5.73 Å². The Morgan fingerprint density at radius 1 is 1.43 bits per heavy atom. The number of hydrogen-bond donors (Lipinski definition) is 1. The fourth-order valence-electron chi connectivity index (χ4n) is 0.215. The summed E-state index contributed by atoms with van der Waals surface area (Å²) in [7, 11) is 1.66. The molecule has 7 heavy (non-hydrogen) atoms. The quantitative estimate of drug-likeness (QED) is 0.548. The van der Waals surface area contributed by atoms with Gasteiger partial charge in [0.25, 0.3) is 0 Å². The van der Waals surface area contributed by atoms with E-state index in [-0.39, 0.29) is 12.1 Å². The van der Waals surface area contributed by atoms with Crippen LogP contribution in [0.15, 0.2) is 0 Å². The Bertz CT molecular complexity index is 45.3. The van der Waals surface area contributed by atoms with Crippen molar-refractivity contribution in [2.75, 3.05) is 7.11 Å². The van der Waals surface area contributed by atoms with Gasteiger partial charge in [0, 0.05) is 13.2 Å². The predicted molar refractivity (Wildman–Crippen MR) is 30.1 cm³/mol. The van der Waals surface area contributed by atoms with Gasteiger partial charge in [-0.2, -0.15) is 0 Å². The first-order valence-corrected chi connectivity index (χ1v) is 2.47. The summed E-state index contributed by atoms with van der Waals surface area (Å²) in [5.74, 6) is 0. The molecule has 0 saturated heterocycles. The molecule has 0 aliphatic heterocycles. The normalized spacial score (nSPS) is 18.9. The highest BCUT2D eigenvalue weighted by Crippen LogP contribution is 1.89. The number of hydrogen-bond acceptors (Lipinski definition) is 2. The lowest BCUT2D eigenvalue weighted by molar-refractivity contribution is 0.101. The molecule has 44 valence electrons. The van der Waals surface area contributed by atoms with E-state index in [0.29, 0.717) is 0 Å². The van der Waals surface area contributed by atoms with Gasteiger partial charge in [0.2, 0.25) is 0 Å². The zero-order valence-electron chi connectivity index (χ0n) is 5.14. The van der Waals surface area contributed by atoms with Crippen molar-refractivity contribution < 1.29 is 4.74 Å². The topological polar surface area (TPSA) is 35.2 Å². The van der Waals surface area contributed by atoms with Crippen molar-refractivity contribution >= 4 is 0 Å². The average Bonchev–Trinajstić information content (AvgIpc) is 1.65. The Hall–Kier alpha value is -0.0800. The summed E-state index contributed by atoms with van der Waals surface area (Å²) < 4.78 is 4.89. The molecule has 0 bridgehead atoms. The molecule has 0 saturated carbocycles. The van der Waals surface area contributed by atoms with Gasteiger partial charge in [-0.3, -0.25) is 0 Å². The molecule has 0 amide bonds. The Morgan fingerprint density at radius 3 is 1.86 bits per heavy atom. The molecule has 0 aromatic heterocycles. The van der Waals surface area contributed by atoms with E-state index in [1.54, 1.807) is 7.11 Å². The minimum absolute atomic E-state index is 0.144. The maximum absolute atomic E-state index is 5.42. The van der Waals surface area contributed by atoms with E-state index in [9.17, 15) is 0 Å². The SMILES string of the molecule is CO[C@@H](C)[C@@H](C)N. The lowest BCUT2D eigenvalue weighted by Crippen LogP contribution is -2.30. The van der Waals surface area contributed by atoms with Gasteiger partial charge in [-0.25, -0.2) is 0 Å². The highest BCUT2D eigenvalue weighted by molar-refractivity contribution is 4.60. The molecule has 0 aromatic rings. The van der Waals surface area contributed by atoms with Crippen LogP contribution in [0.5, 0.6) is 0 Å². The number of methoxy groups -OCH3 is 1. The third-order valence-corrected chi connectivity index (χ3v) is 1.11. The fraction of sp³-hybridized carbons (Fsp3) is 1.00. The van der Waals surface area contributed by atoms with Crippen LogP contribution < -0.4 is 5.73 Å². The van der Waals surface area contributed by atoms with Crippen molar-refractivity contribution in [1.29, 1.82) is 0 Å². The highest BCUT2D eigenvalue weighted by Gasteiger charge is 2.02. The Morgan fingerprint density at radius 2 is 1.86 bits per heavy atom. The van der Waals surface area contributed by atoms with Gasteiger partial charge in [-0.1, -0.05) is 0 Å². The molecule has 0 aliphatic carbocycles. The number of rotatable bonds is 2. The van der Waals surface area contributed by atoms with Crippen LogP contribution in [0.3, 0.4) is 0 Å². The molecule has 0 unspecified atom stereocenters. The maximum Gasteiger partial charge on any atom is 0.0691 e. The van der Waals surface area contributed by atoms with Crippen LogP contribution in [-0.4, -0.2) is 19.3 Å². The molecule has 2 atom stereocenters. The summed E-state index contributed by atoms with van der Waals surface area (Å²) >= 11 is 0. The maximum atomic E-state index is 5.42. The average molecular weight is 103 g/mol. The number of ether oxygens (including phenoxy) is 1. The molecule has 0 radical (unpaired) electrons. The first-order chi connectivity index (χ1) is 3.18. The third kappa shape index (κ3) is 2.60. The van der Waals surface area contributed by atoms with Gasteiger partial charge in [-0.15, -0.1) is 0 Å². The van der Waals surface area contributed by atoms with E-state index in [1.165, 1.54) is 0 Å². The molecular formula is C5H13NO. The summed E-state index contributed by atoms with van der Waals surface area (Å²) in [6.07, 6.45) is 0.181. The summed E-state index contributed by atoms with van der Waals surface area (Å²) in [6, 6.07) is 0.144. The molecule has 0 spiro atoms. The minimum Gasteiger partial charge on any atom is -0.380 e. The predicted octanol–water partition coefficient (Wildman–Crippen LogP) is 0.368. The van der Waals surface area contributed by atoms with Gasteiger partial charge in [0.1, 0.15) is 0 Å². The largest absolute Gasteiger partial charge is 0.380 e. The first-order valence-electron chi connectivity index (χ1n) is 2.47. The highest BCUT2D eigenvalue weighted by atomic mass is 16.5. The van der Waals surface area contributed by atoms with E-state index in [0.717, 1.165) is 0 Å². The van der Waals surface area contributed by atoms with Crippen LogP contribution in [-0.2, 0) is 4.74 Å². The second-order valence-corrected chi connectivity index (χ2v) is 1.80. The van der Waals surface area contributed by atoms with E-state index in [2.05, 4.69) is 0 Å². The smallest absolute Gasteiger partial charge is 0.0691 e. The molecule has 2 heteroatoms. The second-order valence-electron chi connectivity index (χ2n) is 1.80. The van der Waals surface area contributed by atoms with Crippen LogP contribution in [0, 0.1) is 0 Å². The van der Waals surface area contributed by atoms with Crippen LogP contribution >= 0.6 is 0 Å². The molecule has 0 fully saturated rings. The van der Waals surface area contributed by atoms with Crippen LogP contribution in [0.25, 0.3) is 0 Å². The summed E-state index contributed by atoms with van der Waals surface area (Å²) in [5, 5.41) is 0.